The molecule has 149 valence electrons. The summed E-state index contributed by atoms with van der Waals surface area (Å²) in [5.74, 6) is 0. The Hall–Kier alpha value is 0.430. The molecule has 0 aromatic carbocycles. The van der Waals surface area contributed by atoms with Crippen LogP contribution in [0.3, 0.4) is 0 Å². The second kappa shape index (κ2) is 9.29. The SMILES string of the molecule is CCCCC1=CC[C]([Zr+2]([F])([F])([F])([C]2=CC=CC2)=[Si](C)CCCC)=C1.[Cl-].[Cl-]. The van der Waals surface area contributed by atoms with E-state index in [0.29, 0.717) is 12.5 Å². The van der Waals surface area contributed by atoms with Crippen molar-refractivity contribution < 1.29 is 50.4 Å². The molecule has 0 bridgehead atoms. The van der Waals surface area contributed by atoms with E-state index in [4.69, 9.17) is 0 Å². The largest absolute Gasteiger partial charge is 1.00 e. The van der Waals surface area contributed by atoms with Crippen LogP contribution in [0.25, 0.3) is 0 Å². The Morgan fingerprint density at radius 3 is 2.19 bits per heavy atom. The van der Waals surface area contributed by atoms with Crippen LogP contribution >= 0.6 is 0 Å². The number of hydrogen-bond donors (Lipinski definition) is 0. The van der Waals surface area contributed by atoms with Gasteiger partial charge in [0.2, 0.25) is 0 Å². The molecule has 0 aromatic rings. The molecule has 2 rings (SSSR count). The van der Waals surface area contributed by atoms with Crippen LogP contribution in [0.15, 0.2) is 42.5 Å². The molecule has 26 heavy (non-hydrogen) atoms. The van der Waals surface area contributed by atoms with Gasteiger partial charge in [0, 0.05) is 0 Å². The molecule has 2 aliphatic carbocycles. The van der Waals surface area contributed by atoms with E-state index >= 15 is 7.88 Å². The van der Waals surface area contributed by atoms with Gasteiger partial charge in [-0.2, -0.15) is 0 Å². The smallest absolute Gasteiger partial charge is 1.00 e. The molecular weight excluding hydrogens is 475 g/mol. The molecule has 0 saturated carbocycles. The van der Waals surface area contributed by atoms with Gasteiger partial charge < -0.3 is 24.8 Å². The van der Waals surface area contributed by atoms with Crippen molar-refractivity contribution in [2.75, 3.05) is 0 Å². The second-order valence-electron chi connectivity index (χ2n) is 7.40. The maximum absolute atomic E-state index is 16.5. The zero-order valence-electron chi connectivity index (χ0n) is 15.9. The summed E-state index contributed by atoms with van der Waals surface area (Å²) in [7, 11) is 0. The van der Waals surface area contributed by atoms with E-state index in [1.54, 1.807) is 24.8 Å². The predicted molar refractivity (Wildman–Crippen MR) is 96.8 cm³/mol. The summed E-state index contributed by atoms with van der Waals surface area (Å²) < 4.78 is 49.2. The zero-order chi connectivity index (χ0) is 17.9. The molecule has 0 atom stereocenters. The molecule has 0 N–H and O–H groups in total. The number of unbranched alkanes of at least 4 members (excludes halogenated alkanes) is 2. The molecule has 0 saturated heterocycles. The Morgan fingerprint density at radius 2 is 1.65 bits per heavy atom. The summed E-state index contributed by atoms with van der Waals surface area (Å²) in [5, 5.41) is 0. The molecular formula is C19H30Cl2F3SiZr. The quantitative estimate of drug-likeness (QED) is 0.439. The van der Waals surface area contributed by atoms with Crippen LogP contribution < -0.4 is 24.8 Å². The van der Waals surface area contributed by atoms with Crippen molar-refractivity contribution in [1.82, 2.24) is 0 Å². The first kappa shape index (κ1) is 26.4. The summed E-state index contributed by atoms with van der Waals surface area (Å²) in [6.07, 6.45) is 12.6. The van der Waals surface area contributed by atoms with Crippen molar-refractivity contribution in [3.63, 3.8) is 0 Å². The van der Waals surface area contributed by atoms with Crippen LogP contribution in [-0.4, -0.2) is 5.43 Å². The van der Waals surface area contributed by atoms with E-state index in [0.717, 1.165) is 31.3 Å². The van der Waals surface area contributed by atoms with Crippen LogP contribution in [0, 0.1) is 0 Å². The van der Waals surface area contributed by atoms with Gasteiger partial charge in [-0.05, 0) is 0 Å². The van der Waals surface area contributed by atoms with Crippen LogP contribution in [0.1, 0.15) is 58.8 Å². The summed E-state index contributed by atoms with van der Waals surface area (Å²) in [5.41, 5.74) is -1.49. The van der Waals surface area contributed by atoms with Crippen LogP contribution in [0.5, 0.6) is 0 Å². The van der Waals surface area contributed by atoms with Crippen molar-refractivity contribution in [2.24, 2.45) is 0 Å². The Bertz CT molecular complexity index is 728. The van der Waals surface area contributed by atoms with E-state index in [9.17, 15) is 0 Å². The Balaban J connectivity index is 0.00000312. The molecule has 0 amide bonds. The van der Waals surface area contributed by atoms with Crippen molar-refractivity contribution in [3.8, 4) is 0 Å². The molecule has 0 aliphatic heterocycles. The fraction of sp³-hybridized carbons (Fsp3) is 0.579. The van der Waals surface area contributed by atoms with E-state index in [2.05, 4.69) is 6.92 Å². The van der Waals surface area contributed by atoms with Gasteiger partial charge in [-0.25, -0.2) is 0 Å². The van der Waals surface area contributed by atoms with Crippen molar-refractivity contribution in [2.45, 2.75) is 71.4 Å². The second-order valence-corrected chi connectivity index (χ2v) is 32.3. The van der Waals surface area contributed by atoms with Gasteiger partial charge in [0.25, 0.3) is 0 Å². The number of allylic oxidation sites excluding steroid dienone is 8. The van der Waals surface area contributed by atoms with Crippen molar-refractivity contribution in [3.05, 3.63) is 42.5 Å². The molecule has 7 heteroatoms. The van der Waals surface area contributed by atoms with Gasteiger partial charge in [0.15, 0.2) is 0 Å². The standard InChI is InChI=1S/C9H13.C5H12Si.C5H5.2ClH.3FH.Zr/c1-2-3-6-9-7-4-5-8-9;1-3-4-5-6-2;1-2-4-5-3-1;;;;;;/h7-8H,2-4,6H2,1H3;3-5H2,1-2H3;1-3H,4H2;5*1H;/q;;;;;;;;+5/p-5. The Kier molecular flexibility index (Phi) is 9.44. The number of rotatable bonds is 8. The minimum Gasteiger partial charge on any atom is -1.00 e. The van der Waals surface area contributed by atoms with Crippen molar-refractivity contribution >= 4 is 5.43 Å². The molecule has 0 nitrogen and oxygen atoms in total. The van der Waals surface area contributed by atoms with Gasteiger partial charge in [-0.15, -0.1) is 0 Å². The third-order valence-corrected chi connectivity index (χ3v) is 36.2. The summed E-state index contributed by atoms with van der Waals surface area (Å²) in [6.45, 7) is 5.62. The molecule has 0 heterocycles. The average Bonchev–Trinajstić information content (AvgIpc) is 3.22. The fourth-order valence-electron chi connectivity index (χ4n) is 3.82. The Labute approximate surface area is 168 Å². The fourth-order valence-corrected chi connectivity index (χ4v) is 27.8. The monoisotopic (exact) mass is 503 g/mol. The van der Waals surface area contributed by atoms with E-state index < -0.39 is 23.2 Å². The first-order chi connectivity index (χ1) is 11.2. The number of halogens is 5. The van der Waals surface area contributed by atoms with Gasteiger partial charge >= 0.3 is 145 Å². The van der Waals surface area contributed by atoms with E-state index in [1.165, 1.54) is 6.08 Å². The summed E-state index contributed by atoms with van der Waals surface area (Å²) in [6, 6.07) is 0.362. The molecule has 0 radical (unpaired) electrons. The van der Waals surface area contributed by atoms with Crippen LogP contribution in [0.2, 0.25) is 12.6 Å². The maximum Gasteiger partial charge on any atom is -1.00 e. The van der Waals surface area contributed by atoms with Crippen LogP contribution in [-0.2, 0) is 17.7 Å². The third kappa shape index (κ3) is 4.53. The molecule has 0 aromatic heterocycles. The van der Waals surface area contributed by atoms with E-state index in [-0.39, 0.29) is 44.2 Å². The van der Waals surface area contributed by atoms with E-state index in [1.807, 2.05) is 13.0 Å². The maximum atomic E-state index is 16.5. The number of hydrogen-bond acceptors (Lipinski definition) is 0. The predicted octanol–water partition coefficient (Wildman–Crippen LogP) is 1.54. The molecule has 2 aliphatic rings. The van der Waals surface area contributed by atoms with Crippen molar-refractivity contribution in [1.29, 1.82) is 0 Å². The third-order valence-electron chi connectivity index (χ3n) is 5.72. The Morgan fingerprint density at radius 1 is 1.00 bits per heavy atom. The molecule has 0 spiro atoms. The first-order valence-electron chi connectivity index (χ1n) is 9.28. The molecule has 0 unspecified atom stereocenters. The minimum absolute atomic E-state index is 0. The normalized spacial score (nSPS) is 17.4. The topological polar surface area (TPSA) is 0 Å². The van der Waals surface area contributed by atoms with Gasteiger partial charge in [0.1, 0.15) is 0 Å². The van der Waals surface area contributed by atoms with Gasteiger partial charge in [-0.3, -0.25) is 0 Å². The van der Waals surface area contributed by atoms with Gasteiger partial charge in [-0.1, -0.05) is 0 Å². The van der Waals surface area contributed by atoms with Crippen LogP contribution in [0.4, 0.5) is 7.88 Å². The van der Waals surface area contributed by atoms with Gasteiger partial charge in [0.05, 0.1) is 0 Å². The minimum atomic E-state index is -8.09. The molecule has 0 fully saturated rings. The first-order valence-corrected chi connectivity index (χ1v) is 20.4. The summed E-state index contributed by atoms with van der Waals surface area (Å²) >= 11 is -8.09. The zero-order valence-corrected chi connectivity index (χ0v) is 20.9. The summed E-state index contributed by atoms with van der Waals surface area (Å²) in [4.78, 5) is 0. The average molecular weight is 506 g/mol.